The second-order valence-electron chi connectivity index (χ2n) is 12.8. The van der Waals surface area contributed by atoms with E-state index in [0.717, 1.165) is 89.9 Å². The number of hydrogen-bond acceptors (Lipinski definition) is 6. The Morgan fingerprint density at radius 2 is 0.804 bits per heavy atom. The molecule has 0 aromatic rings. The van der Waals surface area contributed by atoms with E-state index in [1.54, 1.807) is 0 Å². The first-order valence-corrected chi connectivity index (χ1v) is 20.1. The lowest BCUT2D eigenvalue weighted by atomic mass is 10.1. The predicted octanol–water partition coefficient (Wildman–Crippen LogP) is 12.5. The smallest absolute Gasteiger partial charge is 0.306 e. The molecule has 6 heteroatoms. The molecule has 51 heavy (non-hydrogen) atoms. The van der Waals surface area contributed by atoms with Crippen LogP contribution in [0.5, 0.6) is 0 Å². The molecule has 0 amide bonds. The van der Waals surface area contributed by atoms with Crippen LogP contribution in [0, 0.1) is 0 Å². The number of carbonyl (C=O) groups excluding carboxylic acids is 3. The summed E-state index contributed by atoms with van der Waals surface area (Å²) in [5.74, 6) is -1.01. The number of carbonyl (C=O) groups is 3. The fourth-order valence-electron chi connectivity index (χ4n) is 4.98. The van der Waals surface area contributed by atoms with Crippen LogP contribution in [0.2, 0.25) is 0 Å². The van der Waals surface area contributed by atoms with Gasteiger partial charge >= 0.3 is 17.9 Å². The third-order valence-corrected chi connectivity index (χ3v) is 7.94. The number of unbranched alkanes of at least 4 members (excludes halogenated alkanes) is 11. The predicted molar refractivity (Wildman–Crippen MR) is 214 cm³/mol. The number of ether oxygens (including phenoxy) is 3. The zero-order valence-corrected chi connectivity index (χ0v) is 32.6. The molecular formula is C45H72O6. The number of esters is 3. The highest BCUT2D eigenvalue weighted by atomic mass is 16.6. The quantitative estimate of drug-likeness (QED) is 0.0218. The summed E-state index contributed by atoms with van der Waals surface area (Å²) < 4.78 is 16.5. The number of hydrogen-bond donors (Lipinski definition) is 0. The lowest BCUT2D eigenvalue weighted by Gasteiger charge is -2.18. The highest BCUT2D eigenvalue weighted by Crippen LogP contribution is 2.12. The standard InChI is InChI=1S/C45H72O6/c1-4-7-10-13-16-19-20-21-22-23-24-27-29-32-35-38-44(47)50-41-42(51-45(48)39-36-33-30-26-18-15-12-9-6-3)40-49-43(46)37-34-31-28-25-17-14-11-8-5-2/h7-13,16-20,25-26,42H,4-6,14-15,21-24,27-41H2,1-3H3/b10-7-,11-8-,12-9-,16-13-,20-19-,25-17-,26-18-. The summed E-state index contributed by atoms with van der Waals surface area (Å²) in [4.78, 5) is 37.4. The van der Waals surface area contributed by atoms with E-state index >= 15 is 0 Å². The van der Waals surface area contributed by atoms with Crippen LogP contribution in [0.3, 0.4) is 0 Å². The van der Waals surface area contributed by atoms with E-state index in [1.807, 2.05) is 0 Å². The molecule has 1 atom stereocenters. The molecule has 0 saturated heterocycles. The fraction of sp³-hybridized carbons (Fsp3) is 0.622. The molecule has 0 N–H and O–H groups in total. The zero-order chi connectivity index (χ0) is 37.3. The molecule has 0 aliphatic carbocycles. The lowest BCUT2D eigenvalue weighted by Crippen LogP contribution is -2.30. The molecular weight excluding hydrogens is 636 g/mol. The van der Waals surface area contributed by atoms with Crippen molar-refractivity contribution >= 4 is 17.9 Å². The summed E-state index contributed by atoms with van der Waals surface area (Å²) >= 11 is 0. The Kier molecular flexibility index (Phi) is 36.7. The van der Waals surface area contributed by atoms with Crippen LogP contribution in [0.4, 0.5) is 0 Å². The fourth-order valence-corrected chi connectivity index (χ4v) is 4.98. The molecule has 6 nitrogen and oxygen atoms in total. The Morgan fingerprint density at radius 3 is 1.33 bits per heavy atom. The largest absolute Gasteiger partial charge is 0.462 e. The first-order chi connectivity index (χ1) is 25.0. The van der Waals surface area contributed by atoms with Gasteiger partial charge in [-0.15, -0.1) is 0 Å². The maximum absolute atomic E-state index is 12.6. The van der Waals surface area contributed by atoms with Gasteiger partial charge in [-0.05, 0) is 89.9 Å². The van der Waals surface area contributed by atoms with E-state index in [0.29, 0.717) is 19.3 Å². The molecule has 0 radical (unpaired) electrons. The van der Waals surface area contributed by atoms with Gasteiger partial charge in [-0.25, -0.2) is 0 Å². The van der Waals surface area contributed by atoms with Gasteiger partial charge in [-0.3, -0.25) is 14.4 Å². The monoisotopic (exact) mass is 709 g/mol. The maximum atomic E-state index is 12.6. The summed E-state index contributed by atoms with van der Waals surface area (Å²) in [6.07, 6.45) is 48.8. The van der Waals surface area contributed by atoms with E-state index < -0.39 is 6.10 Å². The number of rotatable bonds is 34. The van der Waals surface area contributed by atoms with Gasteiger partial charge in [0.15, 0.2) is 6.10 Å². The van der Waals surface area contributed by atoms with Crippen LogP contribution in [0.25, 0.3) is 0 Å². The minimum Gasteiger partial charge on any atom is -0.462 e. The van der Waals surface area contributed by atoms with Crippen LogP contribution < -0.4 is 0 Å². The molecule has 0 aromatic carbocycles. The van der Waals surface area contributed by atoms with Gasteiger partial charge in [-0.1, -0.05) is 138 Å². The average Bonchev–Trinajstić information content (AvgIpc) is 3.12. The Morgan fingerprint density at radius 1 is 0.412 bits per heavy atom. The van der Waals surface area contributed by atoms with Gasteiger partial charge in [0.2, 0.25) is 0 Å². The summed E-state index contributed by atoms with van der Waals surface area (Å²) in [5, 5.41) is 0. The van der Waals surface area contributed by atoms with E-state index in [4.69, 9.17) is 14.2 Å². The van der Waals surface area contributed by atoms with Crippen molar-refractivity contribution in [2.24, 2.45) is 0 Å². The summed E-state index contributed by atoms with van der Waals surface area (Å²) in [6, 6.07) is 0. The SMILES string of the molecule is CC\C=C/C=C\C=C/CCCCCCCCCC(=O)OCC(COC(=O)CCCC/C=C\C/C=C\CC)OC(=O)CCCC/C=C\C/C=C\CC. The van der Waals surface area contributed by atoms with Crippen LogP contribution in [0.15, 0.2) is 85.1 Å². The highest BCUT2D eigenvalue weighted by molar-refractivity contribution is 5.71. The Hall–Kier alpha value is -3.41. The highest BCUT2D eigenvalue weighted by Gasteiger charge is 2.19. The first-order valence-electron chi connectivity index (χ1n) is 20.1. The molecule has 0 bridgehead atoms. The van der Waals surface area contributed by atoms with Gasteiger partial charge in [0.05, 0.1) is 0 Å². The second-order valence-corrected chi connectivity index (χ2v) is 12.8. The van der Waals surface area contributed by atoms with Crippen molar-refractivity contribution in [3.8, 4) is 0 Å². The van der Waals surface area contributed by atoms with Crippen molar-refractivity contribution in [3.63, 3.8) is 0 Å². The molecule has 0 spiro atoms. The van der Waals surface area contributed by atoms with E-state index in [-0.39, 0.29) is 37.5 Å². The van der Waals surface area contributed by atoms with Crippen LogP contribution in [-0.2, 0) is 28.6 Å². The minimum absolute atomic E-state index is 0.108. The average molecular weight is 709 g/mol. The molecule has 0 saturated carbocycles. The molecule has 0 rings (SSSR count). The van der Waals surface area contributed by atoms with Crippen LogP contribution in [0.1, 0.15) is 162 Å². The van der Waals surface area contributed by atoms with Crippen LogP contribution >= 0.6 is 0 Å². The molecule has 0 aromatic heterocycles. The van der Waals surface area contributed by atoms with E-state index in [1.165, 1.54) is 25.7 Å². The minimum atomic E-state index is -0.807. The van der Waals surface area contributed by atoms with Crippen molar-refractivity contribution in [2.75, 3.05) is 13.2 Å². The van der Waals surface area contributed by atoms with Crippen molar-refractivity contribution in [3.05, 3.63) is 85.1 Å². The third kappa shape index (κ3) is 37.7. The Balaban J connectivity index is 4.43. The second kappa shape index (κ2) is 39.4. The lowest BCUT2D eigenvalue weighted by molar-refractivity contribution is -0.167. The third-order valence-electron chi connectivity index (χ3n) is 7.94. The van der Waals surface area contributed by atoms with Crippen molar-refractivity contribution in [1.29, 1.82) is 0 Å². The molecule has 0 fully saturated rings. The molecule has 0 heterocycles. The Labute approximate surface area is 312 Å². The maximum Gasteiger partial charge on any atom is 0.306 e. The van der Waals surface area contributed by atoms with Gasteiger partial charge < -0.3 is 14.2 Å². The molecule has 0 aliphatic rings. The molecule has 0 aliphatic heterocycles. The number of allylic oxidation sites excluding steroid dienone is 14. The van der Waals surface area contributed by atoms with Crippen molar-refractivity contribution in [2.45, 2.75) is 168 Å². The van der Waals surface area contributed by atoms with Crippen molar-refractivity contribution < 1.29 is 28.6 Å². The van der Waals surface area contributed by atoms with Crippen LogP contribution in [-0.4, -0.2) is 37.2 Å². The van der Waals surface area contributed by atoms with E-state index in [2.05, 4.69) is 106 Å². The summed E-state index contributed by atoms with van der Waals surface area (Å²) in [7, 11) is 0. The topological polar surface area (TPSA) is 78.9 Å². The van der Waals surface area contributed by atoms with E-state index in [9.17, 15) is 14.4 Å². The summed E-state index contributed by atoms with van der Waals surface area (Å²) in [5.41, 5.74) is 0. The Bertz CT molecular complexity index is 1040. The normalized spacial score (nSPS) is 12.9. The summed E-state index contributed by atoms with van der Waals surface area (Å²) in [6.45, 7) is 6.14. The van der Waals surface area contributed by atoms with Gasteiger partial charge in [0.25, 0.3) is 0 Å². The molecule has 1 unspecified atom stereocenters. The molecule has 288 valence electrons. The van der Waals surface area contributed by atoms with Gasteiger partial charge in [0.1, 0.15) is 13.2 Å². The van der Waals surface area contributed by atoms with Crippen molar-refractivity contribution in [1.82, 2.24) is 0 Å². The first kappa shape index (κ1) is 47.6. The zero-order valence-electron chi connectivity index (χ0n) is 32.6. The van der Waals surface area contributed by atoms with Gasteiger partial charge in [0, 0.05) is 19.3 Å². The van der Waals surface area contributed by atoms with Gasteiger partial charge in [-0.2, -0.15) is 0 Å².